The standard InChI is InChI=1S/C8H13N3O3S2/c1-5(2)16(13,14)8-10-9-6(15-8)7(12)11(3)4/h5H,1-4H3. The Morgan fingerprint density at radius 3 is 2.31 bits per heavy atom. The van der Waals surface area contributed by atoms with Gasteiger partial charge in [-0.15, -0.1) is 10.2 Å². The van der Waals surface area contributed by atoms with E-state index in [-0.39, 0.29) is 15.3 Å². The summed E-state index contributed by atoms with van der Waals surface area (Å²) in [5.41, 5.74) is 0. The van der Waals surface area contributed by atoms with Gasteiger partial charge in [0, 0.05) is 14.1 Å². The second kappa shape index (κ2) is 4.46. The number of carbonyl (C=O) groups excluding carboxylic acids is 1. The van der Waals surface area contributed by atoms with E-state index in [1.807, 2.05) is 0 Å². The number of carbonyl (C=O) groups is 1. The van der Waals surface area contributed by atoms with E-state index in [9.17, 15) is 13.2 Å². The Bertz CT molecular complexity index is 490. The van der Waals surface area contributed by atoms with E-state index in [0.717, 1.165) is 11.3 Å². The molecular weight excluding hydrogens is 250 g/mol. The van der Waals surface area contributed by atoms with Crippen molar-refractivity contribution >= 4 is 27.1 Å². The summed E-state index contributed by atoms with van der Waals surface area (Å²) in [5, 5.41) is 6.65. The Kier molecular flexibility index (Phi) is 3.64. The molecule has 1 amide bonds. The molecule has 1 aromatic heterocycles. The topological polar surface area (TPSA) is 80.2 Å². The van der Waals surface area contributed by atoms with Crippen molar-refractivity contribution in [2.45, 2.75) is 23.4 Å². The third-order valence-corrected chi connectivity index (χ3v) is 5.32. The fourth-order valence-corrected chi connectivity index (χ4v) is 3.24. The van der Waals surface area contributed by atoms with Crippen molar-refractivity contribution in [3.05, 3.63) is 5.01 Å². The highest BCUT2D eigenvalue weighted by Gasteiger charge is 2.26. The molecule has 0 aliphatic carbocycles. The normalized spacial score (nSPS) is 11.8. The molecule has 0 saturated heterocycles. The molecule has 0 N–H and O–H groups in total. The number of aromatic nitrogens is 2. The second-order valence-electron chi connectivity index (χ2n) is 3.67. The van der Waals surface area contributed by atoms with Crippen LogP contribution >= 0.6 is 11.3 Å². The Labute approximate surface area is 98.2 Å². The van der Waals surface area contributed by atoms with Crippen LogP contribution in [0.5, 0.6) is 0 Å². The number of amides is 1. The quantitative estimate of drug-likeness (QED) is 0.789. The van der Waals surface area contributed by atoms with E-state index in [1.165, 1.54) is 4.90 Å². The van der Waals surface area contributed by atoms with Crippen LogP contribution in [0.1, 0.15) is 23.6 Å². The lowest BCUT2D eigenvalue weighted by Crippen LogP contribution is -2.21. The number of hydrogen-bond donors (Lipinski definition) is 0. The monoisotopic (exact) mass is 263 g/mol. The average Bonchev–Trinajstić information content (AvgIpc) is 2.65. The second-order valence-corrected chi connectivity index (χ2v) is 7.32. The van der Waals surface area contributed by atoms with Crippen LogP contribution in [0.15, 0.2) is 4.34 Å². The summed E-state index contributed by atoms with van der Waals surface area (Å²) in [5.74, 6) is -0.345. The average molecular weight is 263 g/mol. The molecule has 6 nitrogen and oxygen atoms in total. The van der Waals surface area contributed by atoms with E-state index >= 15 is 0 Å². The molecule has 8 heteroatoms. The minimum Gasteiger partial charge on any atom is -0.343 e. The summed E-state index contributed by atoms with van der Waals surface area (Å²) >= 11 is 0.803. The number of rotatable bonds is 3. The molecule has 1 heterocycles. The predicted octanol–water partition coefficient (Wildman–Crippen LogP) is 0.422. The Balaban J connectivity index is 3.10. The third kappa shape index (κ3) is 2.38. The molecule has 90 valence electrons. The van der Waals surface area contributed by atoms with Crippen molar-refractivity contribution in [3.63, 3.8) is 0 Å². The van der Waals surface area contributed by atoms with E-state index in [1.54, 1.807) is 27.9 Å². The number of nitrogens with zero attached hydrogens (tertiary/aromatic N) is 3. The van der Waals surface area contributed by atoms with E-state index < -0.39 is 15.1 Å². The predicted molar refractivity (Wildman–Crippen MR) is 60.2 cm³/mol. The van der Waals surface area contributed by atoms with Gasteiger partial charge in [-0.05, 0) is 13.8 Å². The van der Waals surface area contributed by atoms with E-state index in [2.05, 4.69) is 10.2 Å². The summed E-state index contributed by atoms with van der Waals surface area (Å²) in [6, 6.07) is 0. The fourth-order valence-electron chi connectivity index (χ4n) is 0.804. The molecule has 0 aliphatic heterocycles. The van der Waals surface area contributed by atoms with Crippen LogP contribution in [0.25, 0.3) is 0 Å². The maximum Gasteiger partial charge on any atom is 0.284 e. The molecule has 0 radical (unpaired) electrons. The summed E-state index contributed by atoms with van der Waals surface area (Å²) in [7, 11) is -0.302. The van der Waals surface area contributed by atoms with Crippen LogP contribution in [0.2, 0.25) is 0 Å². The smallest absolute Gasteiger partial charge is 0.284 e. The molecule has 1 rings (SSSR count). The fraction of sp³-hybridized carbons (Fsp3) is 0.625. The molecule has 0 saturated carbocycles. The Hall–Kier alpha value is -1.02. The maximum absolute atomic E-state index is 11.7. The Morgan fingerprint density at radius 1 is 1.31 bits per heavy atom. The van der Waals surface area contributed by atoms with Crippen LogP contribution in [0.3, 0.4) is 0 Å². The van der Waals surface area contributed by atoms with Crippen LogP contribution in [0.4, 0.5) is 0 Å². The highest BCUT2D eigenvalue weighted by atomic mass is 32.2. The molecule has 0 spiro atoms. The van der Waals surface area contributed by atoms with Gasteiger partial charge in [0.15, 0.2) is 0 Å². The van der Waals surface area contributed by atoms with Gasteiger partial charge in [0.2, 0.25) is 19.2 Å². The lowest BCUT2D eigenvalue weighted by molar-refractivity contribution is 0.0826. The molecule has 0 aliphatic rings. The lowest BCUT2D eigenvalue weighted by Gasteiger charge is -2.05. The molecule has 0 unspecified atom stereocenters. The summed E-state index contributed by atoms with van der Waals surface area (Å²) < 4.78 is 23.3. The Morgan fingerprint density at radius 2 is 1.88 bits per heavy atom. The zero-order chi connectivity index (χ0) is 12.5. The van der Waals surface area contributed by atoms with Crippen LogP contribution in [-0.4, -0.2) is 48.8 Å². The van der Waals surface area contributed by atoms with Crippen molar-refractivity contribution < 1.29 is 13.2 Å². The van der Waals surface area contributed by atoms with Gasteiger partial charge < -0.3 is 4.90 Å². The van der Waals surface area contributed by atoms with Crippen LogP contribution in [0, 0.1) is 0 Å². The van der Waals surface area contributed by atoms with Gasteiger partial charge in [0.1, 0.15) is 0 Å². The van der Waals surface area contributed by atoms with E-state index in [4.69, 9.17) is 0 Å². The van der Waals surface area contributed by atoms with Gasteiger partial charge in [-0.2, -0.15) is 0 Å². The zero-order valence-corrected chi connectivity index (χ0v) is 11.1. The molecule has 0 fully saturated rings. The molecule has 0 atom stereocenters. The molecule has 0 aromatic carbocycles. The van der Waals surface area contributed by atoms with E-state index in [0.29, 0.717) is 0 Å². The maximum atomic E-state index is 11.7. The third-order valence-electron chi connectivity index (χ3n) is 1.86. The summed E-state index contributed by atoms with van der Waals surface area (Å²) in [6.07, 6.45) is 0. The number of sulfone groups is 1. The van der Waals surface area contributed by atoms with Crippen molar-refractivity contribution in [1.82, 2.24) is 15.1 Å². The molecule has 16 heavy (non-hydrogen) atoms. The van der Waals surface area contributed by atoms with Gasteiger partial charge in [0.05, 0.1) is 5.25 Å². The largest absolute Gasteiger partial charge is 0.343 e. The highest BCUT2D eigenvalue weighted by Crippen LogP contribution is 2.20. The number of hydrogen-bond acceptors (Lipinski definition) is 6. The minimum atomic E-state index is -3.44. The van der Waals surface area contributed by atoms with Gasteiger partial charge in [0.25, 0.3) is 5.91 Å². The first kappa shape index (κ1) is 13.0. The first-order valence-corrected chi connectivity index (χ1v) is 6.92. The van der Waals surface area contributed by atoms with Crippen LogP contribution < -0.4 is 0 Å². The van der Waals surface area contributed by atoms with Gasteiger partial charge in [-0.25, -0.2) is 8.42 Å². The molecule has 1 aromatic rings. The van der Waals surface area contributed by atoms with Crippen molar-refractivity contribution in [3.8, 4) is 0 Å². The molecule has 0 bridgehead atoms. The van der Waals surface area contributed by atoms with Crippen LogP contribution in [-0.2, 0) is 9.84 Å². The van der Waals surface area contributed by atoms with Crippen molar-refractivity contribution in [2.75, 3.05) is 14.1 Å². The van der Waals surface area contributed by atoms with Crippen molar-refractivity contribution in [2.24, 2.45) is 0 Å². The highest BCUT2D eigenvalue weighted by molar-refractivity contribution is 7.93. The SMILES string of the molecule is CC(C)S(=O)(=O)c1nnc(C(=O)N(C)C)s1. The van der Waals surface area contributed by atoms with Gasteiger partial charge in [-0.1, -0.05) is 11.3 Å². The zero-order valence-electron chi connectivity index (χ0n) is 9.46. The summed E-state index contributed by atoms with van der Waals surface area (Å²) in [6.45, 7) is 3.12. The minimum absolute atomic E-state index is 0.0872. The van der Waals surface area contributed by atoms with Gasteiger partial charge in [-0.3, -0.25) is 4.79 Å². The summed E-state index contributed by atoms with van der Waals surface area (Å²) in [4.78, 5) is 12.8. The lowest BCUT2D eigenvalue weighted by atomic mass is 10.6. The molecular formula is C8H13N3O3S2. The van der Waals surface area contributed by atoms with Gasteiger partial charge >= 0.3 is 0 Å². The first-order valence-electron chi connectivity index (χ1n) is 4.56. The first-order chi connectivity index (χ1) is 7.26. The van der Waals surface area contributed by atoms with Crippen molar-refractivity contribution in [1.29, 1.82) is 0 Å².